The Balaban J connectivity index is 1.54. The molecule has 0 spiro atoms. The molecule has 1 aliphatic heterocycles. The molecule has 0 bridgehead atoms. The van der Waals surface area contributed by atoms with Gasteiger partial charge >= 0.3 is 0 Å². The molecule has 162 valence electrons. The van der Waals surface area contributed by atoms with Gasteiger partial charge in [-0.2, -0.15) is 4.31 Å². The van der Waals surface area contributed by atoms with Gasteiger partial charge in [0.25, 0.3) is 5.91 Å². The standard InChI is InChI=1S/C20H20N4O5S2/c1-2-29-14-6-7-16-17(11-14)30-20(22-16)23-19(26)13-4-3-5-15(10-13)31(27,28)24-9-8-21-18(25)12-24/h3-7,10-11H,2,8-9,12H2,1H3,(H,21,25)(H,22,23,26). The predicted octanol–water partition coefficient (Wildman–Crippen LogP) is 2.07. The number of thiazole rings is 1. The van der Waals surface area contributed by atoms with Gasteiger partial charge in [-0.15, -0.1) is 0 Å². The van der Waals surface area contributed by atoms with Crippen LogP contribution >= 0.6 is 11.3 Å². The molecular weight excluding hydrogens is 440 g/mol. The van der Waals surface area contributed by atoms with Crippen LogP contribution in [-0.2, 0) is 14.8 Å². The SMILES string of the molecule is CCOc1ccc2nc(NC(=O)c3cccc(S(=O)(=O)N4CCNC(=O)C4)c3)sc2c1. The molecule has 1 saturated heterocycles. The molecule has 2 amide bonds. The Hall–Kier alpha value is -3.02. The van der Waals surface area contributed by atoms with Crippen LogP contribution in [0.1, 0.15) is 17.3 Å². The van der Waals surface area contributed by atoms with Crippen molar-refractivity contribution >= 4 is 48.5 Å². The summed E-state index contributed by atoms with van der Waals surface area (Å²) in [6.45, 7) is 2.64. The maximum atomic E-state index is 12.9. The Bertz CT molecular complexity index is 1260. The molecule has 1 fully saturated rings. The van der Waals surface area contributed by atoms with Crippen LogP contribution in [0.25, 0.3) is 10.2 Å². The highest BCUT2D eigenvalue weighted by molar-refractivity contribution is 7.89. The number of nitrogens with zero attached hydrogens (tertiary/aromatic N) is 2. The summed E-state index contributed by atoms with van der Waals surface area (Å²) in [5.74, 6) is -0.106. The van der Waals surface area contributed by atoms with Crippen LogP contribution in [0.5, 0.6) is 5.75 Å². The summed E-state index contributed by atoms with van der Waals surface area (Å²) in [5, 5.41) is 5.71. The van der Waals surface area contributed by atoms with Crippen molar-refractivity contribution in [2.24, 2.45) is 0 Å². The van der Waals surface area contributed by atoms with Crippen LogP contribution in [0, 0.1) is 0 Å². The number of anilines is 1. The minimum atomic E-state index is -3.89. The third kappa shape index (κ3) is 4.53. The van der Waals surface area contributed by atoms with Gasteiger partial charge in [-0.05, 0) is 43.3 Å². The number of piperazine rings is 1. The summed E-state index contributed by atoms with van der Waals surface area (Å²) in [6, 6.07) is 11.2. The fourth-order valence-electron chi connectivity index (χ4n) is 3.15. The highest BCUT2D eigenvalue weighted by Gasteiger charge is 2.29. The average Bonchev–Trinajstić information content (AvgIpc) is 3.15. The van der Waals surface area contributed by atoms with Crippen molar-refractivity contribution in [3.8, 4) is 5.75 Å². The highest BCUT2D eigenvalue weighted by atomic mass is 32.2. The number of amides is 2. The van der Waals surface area contributed by atoms with Gasteiger partial charge < -0.3 is 10.1 Å². The first-order chi connectivity index (χ1) is 14.9. The molecule has 0 radical (unpaired) electrons. The summed E-state index contributed by atoms with van der Waals surface area (Å²) in [7, 11) is -3.89. The fourth-order valence-corrected chi connectivity index (χ4v) is 5.48. The first-order valence-corrected chi connectivity index (χ1v) is 11.8. The number of sulfonamides is 1. The Morgan fingerprint density at radius 1 is 1.29 bits per heavy atom. The quantitative estimate of drug-likeness (QED) is 0.582. The van der Waals surface area contributed by atoms with Gasteiger partial charge in [0.05, 0.1) is 28.3 Å². The lowest BCUT2D eigenvalue weighted by Gasteiger charge is -2.26. The van der Waals surface area contributed by atoms with Crippen molar-refractivity contribution in [2.45, 2.75) is 11.8 Å². The third-order valence-corrected chi connectivity index (χ3v) is 7.40. The van der Waals surface area contributed by atoms with Gasteiger partial charge in [-0.25, -0.2) is 13.4 Å². The Labute approximate surface area is 183 Å². The molecule has 31 heavy (non-hydrogen) atoms. The molecule has 2 heterocycles. The lowest BCUT2D eigenvalue weighted by Crippen LogP contribution is -2.49. The Morgan fingerprint density at radius 3 is 2.90 bits per heavy atom. The summed E-state index contributed by atoms with van der Waals surface area (Å²) >= 11 is 1.30. The van der Waals surface area contributed by atoms with E-state index in [9.17, 15) is 18.0 Å². The predicted molar refractivity (Wildman–Crippen MR) is 117 cm³/mol. The Morgan fingerprint density at radius 2 is 2.13 bits per heavy atom. The van der Waals surface area contributed by atoms with Crippen molar-refractivity contribution in [1.82, 2.24) is 14.6 Å². The van der Waals surface area contributed by atoms with Crippen LogP contribution in [0.15, 0.2) is 47.4 Å². The number of fused-ring (bicyclic) bond motifs is 1. The largest absolute Gasteiger partial charge is 0.494 e. The summed E-state index contributed by atoms with van der Waals surface area (Å²) in [6.07, 6.45) is 0. The van der Waals surface area contributed by atoms with Crippen LogP contribution in [-0.4, -0.2) is 55.8 Å². The molecule has 4 rings (SSSR count). The van der Waals surface area contributed by atoms with Crippen molar-refractivity contribution in [1.29, 1.82) is 0 Å². The minimum Gasteiger partial charge on any atom is -0.494 e. The number of ether oxygens (including phenoxy) is 1. The van der Waals surface area contributed by atoms with Gasteiger partial charge in [0, 0.05) is 18.7 Å². The molecule has 0 atom stereocenters. The van der Waals surface area contributed by atoms with Gasteiger partial charge in [0.2, 0.25) is 15.9 Å². The zero-order valence-corrected chi connectivity index (χ0v) is 18.3. The molecule has 9 nitrogen and oxygen atoms in total. The van der Waals surface area contributed by atoms with Crippen molar-refractivity contribution in [3.05, 3.63) is 48.0 Å². The molecule has 2 aromatic carbocycles. The fraction of sp³-hybridized carbons (Fsp3) is 0.250. The smallest absolute Gasteiger partial charge is 0.257 e. The number of benzene rings is 2. The van der Waals surface area contributed by atoms with Crippen LogP contribution in [0.2, 0.25) is 0 Å². The monoisotopic (exact) mass is 460 g/mol. The molecule has 0 unspecified atom stereocenters. The molecule has 1 aliphatic rings. The lowest BCUT2D eigenvalue weighted by atomic mass is 10.2. The van der Waals surface area contributed by atoms with E-state index in [1.807, 2.05) is 25.1 Å². The molecular formula is C20H20N4O5S2. The maximum absolute atomic E-state index is 12.9. The van der Waals surface area contributed by atoms with E-state index in [0.717, 1.165) is 20.3 Å². The van der Waals surface area contributed by atoms with Crippen LogP contribution in [0.4, 0.5) is 5.13 Å². The normalized spacial score (nSPS) is 14.9. The number of carbonyl (C=O) groups excluding carboxylic acids is 2. The molecule has 2 N–H and O–H groups in total. The number of hydrogen-bond acceptors (Lipinski definition) is 7. The first-order valence-electron chi connectivity index (χ1n) is 9.58. The topological polar surface area (TPSA) is 118 Å². The second-order valence-electron chi connectivity index (χ2n) is 6.75. The first kappa shape index (κ1) is 21.2. The molecule has 1 aromatic heterocycles. The summed E-state index contributed by atoms with van der Waals surface area (Å²) < 4.78 is 33.2. The highest BCUT2D eigenvalue weighted by Crippen LogP contribution is 2.29. The van der Waals surface area contributed by atoms with Gasteiger partial charge in [-0.1, -0.05) is 17.4 Å². The second-order valence-corrected chi connectivity index (χ2v) is 9.72. The number of hydrogen-bond donors (Lipinski definition) is 2. The summed E-state index contributed by atoms with van der Waals surface area (Å²) in [4.78, 5) is 28.6. The lowest BCUT2D eigenvalue weighted by molar-refractivity contribution is -0.122. The van der Waals surface area contributed by atoms with E-state index in [0.29, 0.717) is 11.7 Å². The molecule has 11 heteroatoms. The molecule has 0 aliphatic carbocycles. The zero-order chi connectivity index (χ0) is 22.0. The van der Waals surface area contributed by atoms with Gasteiger partial charge in [0.15, 0.2) is 5.13 Å². The molecule has 0 saturated carbocycles. The second kappa shape index (κ2) is 8.61. The minimum absolute atomic E-state index is 0.0412. The van der Waals surface area contributed by atoms with E-state index in [-0.39, 0.29) is 36.0 Å². The molecule has 3 aromatic rings. The number of rotatable bonds is 6. The van der Waals surface area contributed by atoms with E-state index in [1.54, 1.807) is 0 Å². The zero-order valence-electron chi connectivity index (χ0n) is 16.6. The number of aromatic nitrogens is 1. The van der Waals surface area contributed by atoms with Crippen LogP contribution < -0.4 is 15.4 Å². The van der Waals surface area contributed by atoms with Crippen molar-refractivity contribution in [2.75, 3.05) is 31.6 Å². The van der Waals surface area contributed by atoms with Gasteiger partial charge in [0.1, 0.15) is 5.75 Å². The van der Waals surface area contributed by atoms with Crippen molar-refractivity contribution in [3.63, 3.8) is 0 Å². The van der Waals surface area contributed by atoms with Crippen LogP contribution in [0.3, 0.4) is 0 Å². The van der Waals surface area contributed by atoms with E-state index < -0.39 is 15.9 Å². The average molecular weight is 461 g/mol. The Kier molecular flexibility index (Phi) is 5.90. The number of nitrogens with one attached hydrogen (secondary N) is 2. The van der Waals surface area contributed by atoms with Crippen molar-refractivity contribution < 1.29 is 22.7 Å². The van der Waals surface area contributed by atoms with E-state index in [4.69, 9.17) is 4.74 Å². The van der Waals surface area contributed by atoms with E-state index in [2.05, 4.69) is 15.6 Å². The summed E-state index contributed by atoms with van der Waals surface area (Å²) in [5.41, 5.74) is 0.903. The maximum Gasteiger partial charge on any atom is 0.257 e. The third-order valence-electron chi connectivity index (χ3n) is 4.63. The van der Waals surface area contributed by atoms with E-state index >= 15 is 0 Å². The van der Waals surface area contributed by atoms with Gasteiger partial charge in [-0.3, -0.25) is 14.9 Å². The van der Waals surface area contributed by atoms with E-state index in [1.165, 1.54) is 35.6 Å². The number of carbonyl (C=O) groups is 2.